The zero-order valence-electron chi connectivity index (χ0n) is 14.7. The molecule has 1 aliphatic rings. The lowest BCUT2D eigenvalue weighted by molar-refractivity contribution is 0.122. The molecule has 144 valence electrons. The predicted molar refractivity (Wildman–Crippen MR) is 105 cm³/mol. The monoisotopic (exact) mass is 446 g/mol. The van der Waals surface area contributed by atoms with Crippen LogP contribution in [0.4, 0.5) is 16.2 Å². The van der Waals surface area contributed by atoms with Gasteiger partial charge in [0.05, 0.1) is 31.5 Å². The Labute approximate surface area is 167 Å². The summed E-state index contributed by atoms with van der Waals surface area (Å²) in [5.41, 5.74) is 1.57. The van der Waals surface area contributed by atoms with Crippen LogP contribution in [0.25, 0.3) is 16.7 Å². The topological polar surface area (TPSA) is 96.3 Å². The van der Waals surface area contributed by atoms with Crippen molar-refractivity contribution in [2.75, 3.05) is 36.5 Å². The third kappa shape index (κ3) is 3.06. The smallest absolute Gasteiger partial charge is 0.245 e. The number of para-hydroxylation sites is 1. The highest BCUT2D eigenvalue weighted by molar-refractivity contribution is 9.10. The highest BCUT2D eigenvalue weighted by Crippen LogP contribution is 2.22. The van der Waals surface area contributed by atoms with Crippen LogP contribution in [0.2, 0.25) is 0 Å². The van der Waals surface area contributed by atoms with Crippen molar-refractivity contribution in [1.29, 1.82) is 0 Å². The Morgan fingerprint density at radius 3 is 2.93 bits per heavy atom. The Kier molecular flexibility index (Phi) is 4.32. The first kappa shape index (κ1) is 17.3. The van der Waals surface area contributed by atoms with Crippen molar-refractivity contribution in [1.82, 2.24) is 29.5 Å². The maximum atomic E-state index is 13.9. The van der Waals surface area contributed by atoms with Gasteiger partial charge in [-0.15, -0.1) is 5.10 Å². The Balaban J connectivity index is 1.47. The second-order valence-electron chi connectivity index (χ2n) is 6.35. The number of rotatable bonds is 4. The average Bonchev–Trinajstić information content (AvgIpc) is 3.31. The van der Waals surface area contributed by atoms with Gasteiger partial charge in [-0.2, -0.15) is 9.50 Å². The number of imidazole rings is 2. The number of hydrogen-bond donors (Lipinski definition) is 2. The maximum absolute atomic E-state index is 13.9. The van der Waals surface area contributed by atoms with Gasteiger partial charge in [0.1, 0.15) is 15.9 Å². The van der Waals surface area contributed by atoms with Crippen molar-refractivity contribution in [3.63, 3.8) is 0 Å². The Hall–Kier alpha value is -2.79. The molecule has 0 saturated carbocycles. The number of morpholine rings is 1. The number of H-pyrrole nitrogens is 1. The predicted octanol–water partition coefficient (Wildman–Crippen LogP) is 2.35. The summed E-state index contributed by atoms with van der Waals surface area (Å²) in [7, 11) is 0. The molecule has 1 fully saturated rings. The van der Waals surface area contributed by atoms with Crippen LogP contribution in [0.5, 0.6) is 0 Å². The van der Waals surface area contributed by atoms with Gasteiger partial charge in [-0.25, -0.2) is 14.4 Å². The van der Waals surface area contributed by atoms with E-state index in [0.29, 0.717) is 54.0 Å². The Morgan fingerprint density at radius 1 is 1.25 bits per heavy atom. The van der Waals surface area contributed by atoms with Crippen LogP contribution in [-0.2, 0) is 11.3 Å². The minimum Gasteiger partial charge on any atom is -0.378 e. The van der Waals surface area contributed by atoms with Crippen LogP contribution < -0.4 is 10.2 Å². The van der Waals surface area contributed by atoms with Gasteiger partial charge in [0, 0.05) is 13.1 Å². The largest absolute Gasteiger partial charge is 0.378 e. The van der Waals surface area contributed by atoms with E-state index in [1.807, 2.05) is 0 Å². The minimum atomic E-state index is -0.351. The average molecular weight is 447 g/mol. The molecule has 4 heterocycles. The van der Waals surface area contributed by atoms with Crippen LogP contribution in [0.1, 0.15) is 5.82 Å². The third-order valence-electron chi connectivity index (χ3n) is 4.54. The SMILES string of the molecule is Fc1cccc2[nH]c(CNc3nc(N4CCOCC4)nn4c(Br)cnc34)nc12. The van der Waals surface area contributed by atoms with Crippen molar-refractivity contribution in [2.24, 2.45) is 0 Å². The summed E-state index contributed by atoms with van der Waals surface area (Å²) in [6.07, 6.45) is 1.68. The highest BCUT2D eigenvalue weighted by Gasteiger charge is 2.19. The zero-order valence-corrected chi connectivity index (χ0v) is 16.3. The number of halogens is 2. The normalized spacial score (nSPS) is 14.9. The number of aromatic nitrogens is 6. The van der Waals surface area contributed by atoms with E-state index in [1.54, 1.807) is 22.8 Å². The molecular formula is C17H16BrFN8O. The summed E-state index contributed by atoms with van der Waals surface area (Å²) in [5, 5.41) is 7.82. The van der Waals surface area contributed by atoms with Gasteiger partial charge in [-0.1, -0.05) is 6.07 Å². The molecule has 0 aliphatic carbocycles. The molecule has 9 nitrogen and oxygen atoms in total. The lowest BCUT2D eigenvalue weighted by atomic mass is 10.3. The number of hydrogen-bond acceptors (Lipinski definition) is 7. The Bertz CT molecular complexity index is 1150. The molecule has 5 rings (SSSR count). The molecule has 0 atom stereocenters. The molecule has 0 unspecified atom stereocenters. The fourth-order valence-corrected chi connectivity index (χ4v) is 3.51. The molecule has 0 spiro atoms. The van der Waals surface area contributed by atoms with Gasteiger partial charge in [0.2, 0.25) is 5.95 Å². The van der Waals surface area contributed by atoms with E-state index in [0.717, 1.165) is 17.7 Å². The lowest BCUT2D eigenvalue weighted by Gasteiger charge is -2.26. The second kappa shape index (κ2) is 6.99. The molecule has 0 radical (unpaired) electrons. The van der Waals surface area contributed by atoms with Crippen molar-refractivity contribution in [2.45, 2.75) is 6.54 Å². The fourth-order valence-electron chi connectivity index (χ4n) is 3.16. The minimum absolute atomic E-state index is 0.324. The van der Waals surface area contributed by atoms with Gasteiger partial charge in [0.15, 0.2) is 17.3 Å². The third-order valence-corrected chi connectivity index (χ3v) is 5.08. The second-order valence-corrected chi connectivity index (χ2v) is 7.16. The van der Waals surface area contributed by atoms with Crippen molar-refractivity contribution in [3.05, 3.63) is 40.6 Å². The first-order valence-corrected chi connectivity index (χ1v) is 9.59. The molecule has 1 aromatic carbocycles. The van der Waals surface area contributed by atoms with Gasteiger partial charge >= 0.3 is 0 Å². The molecule has 11 heteroatoms. The van der Waals surface area contributed by atoms with E-state index in [-0.39, 0.29) is 5.82 Å². The van der Waals surface area contributed by atoms with Gasteiger partial charge in [-0.05, 0) is 28.1 Å². The van der Waals surface area contributed by atoms with E-state index in [2.05, 4.69) is 51.2 Å². The Morgan fingerprint density at radius 2 is 2.11 bits per heavy atom. The molecule has 1 aliphatic heterocycles. The summed E-state index contributed by atoms with van der Waals surface area (Å²) >= 11 is 3.47. The van der Waals surface area contributed by atoms with E-state index >= 15 is 0 Å². The molecule has 4 aromatic rings. The molecule has 2 N–H and O–H groups in total. The number of benzene rings is 1. The van der Waals surface area contributed by atoms with Crippen LogP contribution >= 0.6 is 15.9 Å². The summed E-state index contributed by atoms with van der Waals surface area (Å²) in [6, 6.07) is 4.84. The van der Waals surface area contributed by atoms with Crippen LogP contribution in [0, 0.1) is 5.82 Å². The lowest BCUT2D eigenvalue weighted by Crippen LogP contribution is -2.37. The quantitative estimate of drug-likeness (QED) is 0.496. The summed E-state index contributed by atoms with van der Waals surface area (Å²) in [5.74, 6) is 1.42. The summed E-state index contributed by atoms with van der Waals surface area (Å²) in [4.78, 5) is 18.5. The van der Waals surface area contributed by atoms with Crippen LogP contribution in [0.15, 0.2) is 29.0 Å². The van der Waals surface area contributed by atoms with Crippen molar-refractivity contribution in [3.8, 4) is 0 Å². The summed E-state index contributed by atoms with van der Waals surface area (Å²) < 4.78 is 21.7. The number of nitrogens with zero attached hydrogens (tertiary/aromatic N) is 6. The first-order valence-electron chi connectivity index (χ1n) is 8.80. The summed E-state index contributed by atoms with van der Waals surface area (Å²) in [6.45, 7) is 3.06. The van der Waals surface area contributed by atoms with Gasteiger partial charge in [0.25, 0.3) is 0 Å². The van der Waals surface area contributed by atoms with E-state index < -0.39 is 0 Å². The number of aromatic amines is 1. The van der Waals surface area contributed by atoms with E-state index in [1.165, 1.54) is 6.07 Å². The number of ether oxygens (including phenoxy) is 1. The van der Waals surface area contributed by atoms with Crippen molar-refractivity contribution >= 4 is 44.4 Å². The van der Waals surface area contributed by atoms with E-state index in [9.17, 15) is 4.39 Å². The van der Waals surface area contributed by atoms with Crippen LogP contribution in [-0.4, -0.2) is 55.9 Å². The number of anilines is 2. The molecule has 0 bridgehead atoms. The molecule has 3 aromatic heterocycles. The molecular weight excluding hydrogens is 431 g/mol. The first-order chi connectivity index (χ1) is 13.7. The van der Waals surface area contributed by atoms with E-state index in [4.69, 9.17) is 4.74 Å². The standard InChI is InChI=1S/C17H16BrFN8O/c18-12-8-21-16-15(24-17(25-27(12)16)26-4-6-28-7-5-26)20-9-13-22-11-3-1-2-10(19)14(11)23-13/h1-3,8H,4-7,9H2,(H,22,23)(H,20,24,25). The van der Waals surface area contributed by atoms with Crippen LogP contribution in [0.3, 0.4) is 0 Å². The number of nitrogens with one attached hydrogen (secondary N) is 2. The van der Waals surface area contributed by atoms with Crippen molar-refractivity contribution < 1.29 is 9.13 Å². The fraction of sp³-hybridized carbons (Fsp3) is 0.294. The molecule has 1 saturated heterocycles. The van der Waals surface area contributed by atoms with Gasteiger partial charge < -0.3 is 19.9 Å². The molecule has 28 heavy (non-hydrogen) atoms. The number of fused-ring (bicyclic) bond motifs is 2. The maximum Gasteiger partial charge on any atom is 0.245 e. The zero-order chi connectivity index (χ0) is 19.1. The van der Waals surface area contributed by atoms with Gasteiger partial charge in [-0.3, -0.25) is 0 Å². The molecule has 0 amide bonds. The highest BCUT2D eigenvalue weighted by atomic mass is 79.9.